The lowest BCUT2D eigenvalue weighted by molar-refractivity contribution is -0.132. The number of hydrogen-bond donors (Lipinski definition) is 1. The number of aliphatic hydroxyl groups is 1. The highest BCUT2D eigenvalue weighted by Gasteiger charge is 2.47. The first-order valence-electron chi connectivity index (χ1n) is 11.8. The number of aliphatic hydroxyl groups excluding tert-OH is 1. The summed E-state index contributed by atoms with van der Waals surface area (Å²) < 4.78 is 15.4. The summed E-state index contributed by atoms with van der Waals surface area (Å²) in [4.78, 5) is 40.1. The molecule has 9 heteroatoms. The Kier molecular flexibility index (Phi) is 7.73. The number of aryl methyl sites for hydroxylation is 1. The van der Waals surface area contributed by atoms with E-state index in [0.717, 1.165) is 12.0 Å². The van der Waals surface area contributed by atoms with Crippen LogP contribution in [0.1, 0.15) is 40.0 Å². The molecule has 1 unspecified atom stereocenters. The zero-order valence-electron chi connectivity index (χ0n) is 21.3. The van der Waals surface area contributed by atoms with Gasteiger partial charge in [-0.15, -0.1) is 0 Å². The molecule has 1 aliphatic rings. The van der Waals surface area contributed by atoms with Gasteiger partial charge in [0.05, 0.1) is 49.1 Å². The number of halogens is 1. The van der Waals surface area contributed by atoms with Gasteiger partial charge in [-0.25, -0.2) is 4.79 Å². The molecule has 3 aromatic rings. The van der Waals surface area contributed by atoms with Gasteiger partial charge < -0.3 is 19.3 Å². The number of nitrogens with zero attached hydrogens (tertiary/aromatic N) is 1. The Balaban J connectivity index is 1.94. The molecule has 1 N–H and O–H groups in total. The van der Waals surface area contributed by atoms with Crippen LogP contribution in [0.5, 0.6) is 11.5 Å². The van der Waals surface area contributed by atoms with Gasteiger partial charge in [0.15, 0.2) is 0 Å². The summed E-state index contributed by atoms with van der Waals surface area (Å²) in [6.07, 6.45) is 0.803. The maximum absolute atomic E-state index is 13.5. The standard InChI is InChI=1S/C29H26ClNO7/c1-5-16-6-8-17(9-7-16)25-24(26(32)20-14-21(30)23(37-3)15-22(20)36-2)27(33)28(34)31(25)19-12-10-18(11-13-19)29(35)38-4/h6-15,25,32H,5H2,1-4H3/b26-24+. The summed E-state index contributed by atoms with van der Waals surface area (Å²) in [5.41, 5.74) is 2.33. The maximum atomic E-state index is 13.5. The van der Waals surface area contributed by atoms with E-state index in [1.54, 1.807) is 12.1 Å². The molecule has 0 spiro atoms. The Labute approximate surface area is 225 Å². The number of amides is 1. The number of esters is 1. The third kappa shape index (κ3) is 4.70. The Bertz CT molecular complexity index is 1430. The van der Waals surface area contributed by atoms with Gasteiger partial charge in [0, 0.05) is 11.8 Å². The van der Waals surface area contributed by atoms with E-state index in [-0.39, 0.29) is 27.5 Å². The van der Waals surface area contributed by atoms with Crippen molar-refractivity contribution in [2.45, 2.75) is 19.4 Å². The van der Waals surface area contributed by atoms with Crippen LogP contribution in [-0.4, -0.2) is 44.1 Å². The molecule has 38 heavy (non-hydrogen) atoms. The predicted octanol–water partition coefficient (Wildman–Crippen LogP) is 5.33. The van der Waals surface area contributed by atoms with Crippen LogP contribution in [-0.2, 0) is 20.7 Å². The van der Waals surface area contributed by atoms with Crippen LogP contribution in [0.15, 0.2) is 66.2 Å². The first-order chi connectivity index (χ1) is 18.2. The van der Waals surface area contributed by atoms with Gasteiger partial charge in [0.2, 0.25) is 0 Å². The van der Waals surface area contributed by atoms with E-state index < -0.39 is 29.5 Å². The summed E-state index contributed by atoms with van der Waals surface area (Å²) in [6, 6.07) is 15.5. The molecule has 1 atom stereocenters. The molecule has 0 bridgehead atoms. The first-order valence-corrected chi connectivity index (χ1v) is 12.1. The first kappa shape index (κ1) is 26.8. The fourth-order valence-corrected chi connectivity index (χ4v) is 4.66. The van der Waals surface area contributed by atoms with E-state index in [4.69, 9.17) is 25.8 Å². The Morgan fingerprint density at radius 2 is 1.58 bits per heavy atom. The Morgan fingerprint density at radius 3 is 2.13 bits per heavy atom. The number of rotatable bonds is 7. The summed E-state index contributed by atoms with van der Waals surface area (Å²) in [5.74, 6) is -2.16. The largest absolute Gasteiger partial charge is 0.507 e. The second-order valence-electron chi connectivity index (χ2n) is 8.49. The van der Waals surface area contributed by atoms with E-state index >= 15 is 0 Å². The molecule has 1 saturated heterocycles. The zero-order valence-corrected chi connectivity index (χ0v) is 22.0. The van der Waals surface area contributed by atoms with Crippen LogP contribution in [0.2, 0.25) is 5.02 Å². The highest BCUT2D eigenvalue weighted by Crippen LogP contribution is 2.44. The van der Waals surface area contributed by atoms with Crippen molar-refractivity contribution in [2.75, 3.05) is 26.2 Å². The van der Waals surface area contributed by atoms with Crippen molar-refractivity contribution < 1.29 is 33.7 Å². The van der Waals surface area contributed by atoms with Gasteiger partial charge in [0.1, 0.15) is 17.3 Å². The van der Waals surface area contributed by atoms with Crippen molar-refractivity contribution in [3.8, 4) is 11.5 Å². The number of ketones is 1. The van der Waals surface area contributed by atoms with Crippen LogP contribution in [0.4, 0.5) is 5.69 Å². The number of ether oxygens (including phenoxy) is 3. The zero-order chi connectivity index (χ0) is 27.6. The Morgan fingerprint density at radius 1 is 0.947 bits per heavy atom. The number of benzene rings is 3. The lowest BCUT2D eigenvalue weighted by atomic mass is 9.94. The van der Waals surface area contributed by atoms with Crippen LogP contribution in [0, 0.1) is 0 Å². The van der Waals surface area contributed by atoms with Crippen LogP contribution < -0.4 is 14.4 Å². The van der Waals surface area contributed by atoms with E-state index in [1.165, 1.54) is 50.5 Å². The van der Waals surface area contributed by atoms with Crippen molar-refractivity contribution in [3.05, 3.63) is 93.5 Å². The normalized spacial score (nSPS) is 16.4. The predicted molar refractivity (Wildman–Crippen MR) is 143 cm³/mol. The number of anilines is 1. The SMILES string of the molecule is CCc1ccc(C2/C(=C(\O)c3cc(Cl)c(OC)cc3OC)C(=O)C(=O)N2c2ccc(C(=O)OC)cc2)cc1. The number of methoxy groups -OCH3 is 3. The van der Waals surface area contributed by atoms with E-state index in [2.05, 4.69) is 0 Å². The second kappa shape index (κ2) is 11.0. The molecule has 0 radical (unpaired) electrons. The quantitative estimate of drug-likeness (QED) is 0.189. The smallest absolute Gasteiger partial charge is 0.337 e. The van der Waals surface area contributed by atoms with Crippen LogP contribution in [0.25, 0.3) is 5.76 Å². The monoisotopic (exact) mass is 535 g/mol. The minimum Gasteiger partial charge on any atom is -0.507 e. The number of carbonyl (C=O) groups is 3. The van der Waals surface area contributed by atoms with E-state index in [1.807, 2.05) is 31.2 Å². The molecule has 1 amide bonds. The molecule has 1 heterocycles. The molecule has 196 valence electrons. The molecule has 0 aliphatic carbocycles. The summed E-state index contributed by atoms with van der Waals surface area (Å²) >= 11 is 6.32. The molecule has 3 aromatic carbocycles. The average molecular weight is 536 g/mol. The molecule has 1 fully saturated rings. The van der Waals surface area contributed by atoms with Gasteiger partial charge in [-0.2, -0.15) is 0 Å². The summed E-state index contributed by atoms with van der Waals surface area (Å²) in [5, 5.41) is 11.7. The van der Waals surface area contributed by atoms with Gasteiger partial charge in [-0.1, -0.05) is 42.8 Å². The molecule has 1 aliphatic heterocycles. The molecule has 8 nitrogen and oxygen atoms in total. The van der Waals surface area contributed by atoms with E-state index in [9.17, 15) is 19.5 Å². The fraction of sp³-hybridized carbons (Fsp3) is 0.207. The molecule has 0 saturated carbocycles. The van der Waals surface area contributed by atoms with Gasteiger partial charge in [-0.05, 0) is 47.9 Å². The minimum atomic E-state index is -0.963. The van der Waals surface area contributed by atoms with Crippen molar-refractivity contribution in [1.82, 2.24) is 0 Å². The minimum absolute atomic E-state index is 0.129. The van der Waals surface area contributed by atoms with Crippen LogP contribution in [0.3, 0.4) is 0 Å². The summed E-state index contributed by atoms with van der Waals surface area (Å²) in [7, 11) is 4.12. The van der Waals surface area contributed by atoms with Crippen molar-refractivity contribution in [1.29, 1.82) is 0 Å². The van der Waals surface area contributed by atoms with Crippen molar-refractivity contribution in [3.63, 3.8) is 0 Å². The third-order valence-corrected chi connectivity index (χ3v) is 6.74. The fourth-order valence-electron chi connectivity index (χ4n) is 4.42. The van der Waals surface area contributed by atoms with Crippen LogP contribution >= 0.6 is 11.6 Å². The molecule has 0 aromatic heterocycles. The molecule has 4 rings (SSSR count). The van der Waals surface area contributed by atoms with Gasteiger partial charge in [-0.3, -0.25) is 14.5 Å². The lowest BCUT2D eigenvalue weighted by Gasteiger charge is -2.26. The van der Waals surface area contributed by atoms with Gasteiger partial charge >= 0.3 is 5.97 Å². The number of hydrogen-bond acceptors (Lipinski definition) is 7. The van der Waals surface area contributed by atoms with Crippen molar-refractivity contribution >= 4 is 40.7 Å². The second-order valence-corrected chi connectivity index (χ2v) is 8.90. The highest BCUT2D eigenvalue weighted by molar-refractivity contribution is 6.51. The van der Waals surface area contributed by atoms with Gasteiger partial charge in [0.25, 0.3) is 11.7 Å². The third-order valence-electron chi connectivity index (χ3n) is 6.44. The average Bonchev–Trinajstić information content (AvgIpc) is 3.22. The topological polar surface area (TPSA) is 102 Å². The molecular weight excluding hydrogens is 510 g/mol. The Hall–Kier alpha value is -4.30. The lowest BCUT2D eigenvalue weighted by Crippen LogP contribution is -2.29. The maximum Gasteiger partial charge on any atom is 0.337 e. The molecular formula is C29H26ClNO7. The number of carbonyl (C=O) groups excluding carboxylic acids is 3. The highest BCUT2D eigenvalue weighted by atomic mass is 35.5. The summed E-state index contributed by atoms with van der Waals surface area (Å²) in [6.45, 7) is 2.02. The van der Waals surface area contributed by atoms with Crippen molar-refractivity contribution in [2.24, 2.45) is 0 Å². The van der Waals surface area contributed by atoms with E-state index in [0.29, 0.717) is 17.0 Å². The number of Topliss-reactive ketones (excluding diaryl/α,β-unsaturated/α-hetero) is 1.